The van der Waals surface area contributed by atoms with Gasteiger partial charge in [-0.15, -0.1) is 11.3 Å². The molecule has 2 heterocycles. The van der Waals surface area contributed by atoms with Crippen LogP contribution >= 0.6 is 23.1 Å². The number of ketones is 1. The Hall–Kier alpha value is -1.73. The van der Waals surface area contributed by atoms with Crippen molar-refractivity contribution < 1.29 is 9.59 Å². The number of aromatic nitrogens is 2. The lowest BCUT2D eigenvalue weighted by molar-refractivity contribution is -0.118. The topological polar surface area (TPSA) is 72.0 Å². The number of nitrogens with one attached hydrogen (secondary N) is 1. The van der Waals surface area contributed by atoms with Crippen molar-refractivity contribution in [2.24, 2.45) is 0 Å². The number of thioether (sulfide) groups is 1. The third kappa shape index (κ3) is 4.89. The van der Waals surface area contributed by atoms with Crippen LogP contribution < -0.4 is 5.32 Å². The third-order valence-electron chi connectivity index (χ3n) is 3.98. The summed E-state index contributed by atoms with van der Waals surface area (Å²) in [4.78, 5) is 34.3. The third-order valence-corrected chi connectivity index (χ3v) is 5.89. The van der Waals surface area contributed by atoms with Gasteiger partial charge >= 0.3 is 0 Å². The van der Waals surface area contributed by atoms with E-state index < -0.39 is 0 Å². The van der Waals surface area contributed by atoms with E-state index in [0.29, 0.717) is 28.7 Å². The van der Waals surface area contributed by atoms with Gasteiger partial charge in [-0.25, -0.2) is 9.97 Å². The van der Waals surface area contributed by atoms with Crippen LogP contribution in [0.2, 0.25) is 0 Å². The summed E-state index contributed by atoms with van der Waals surface area (Å²) in [6, 6.07) is 4.07. The van der Waals surface area contributed by atoms with E-state index in [1.165, 1.54) is 23.6 Å². The van der Waals surface area contributed by atoms with Crippen LogP contribution in [0.15, 0.2) is 22.5 Å². The molecule has 25 heavy (non-hydrogen) atoms. The van der Waals surface area contributed by atoms with Crippen molar-refractivity contribution in [1.82, 2.24) is 15.3 Å². The van der Waals surface area contributed by atoms with E-state index >= 15 is 0 Å². The van der Waals surface area contributed by atoms with Gasteiger partial charge in [-0.2, -0.15) is 0 Å². The molecule has 1 amide bonds. The molecular formula is C18H21N3O2S2. The first kappa shape index (κ1) is 18.1. The molecule has 0 radical (unpaired) electrons. The molecule has 0 aliphatic heterocycles. The van der Waals surface area contributed by atoms with Crippen LogP contribution in [0.4, 0.5) is 0 Å². The number of aryl methyl sites for hydroxylation is 1. The van der Waals surface area contributed by atoms with Crippen molar-refractivity contribution in [3.05, 3.63) is 39.5 Å². The van der Waals surface area contributed by atoms with E-state index in [4.69, 9.17) is 0 Å². The van der Waals surface area contributed by atoms with Crippen LogP contribution in [0.25, 0.3) is 0 Å². The number of carbonyl (C=O) groups excluding carboxylic acids is 2. The summed E-state index contributed by atoms with van der Waals surface area (Å²) < 4.78 is 0. The Morgan fingerprint density at radius 1 is 1.36 bits per heavy atom. The summed E-state index contributed by atoms with van der Waals surface area (Å²) in [5, 5.41) is 5.59. The highest BCUT2D eigenvalue weighted by Crippen LogP contribution is 2.39. The molecular weight excluding hydrogens is 354 g/mol. The zero-order chi connectivity index (χ0) is 17.8. The molecule has 1 saturated carbocycles. The molecule has 2 aromatic heterocycles. The van der Waals surface area contributed by atoms with Gasteiger partial charge in [-0.1, -0.05) is 17.8 Å². The van der Waals surface area contributed by atoms with Gasteiger partial charge in [0.15, 0.2) is 5.78 Å². The molecule has 1 fully saturated rings. The predicted octanol–water partition coefficient (Wildman–Crippen LogP) is 3.38. The fourth-order valence-electron chi connectivity index (χ4n) is 2.57. The highest BCUT2D eigenvalue weighted by molar-refractivity contribution is 8.00. The molecule has 132 valence electrons. The largest absolute Gasteiger partial charge is 0.355 e. The molecule has 0 saturated heterocycles. The van der Waals surface area contributed by atoms with Gasteiger partial charge in [0.2, 0.25) is 5.91 Å². The molecule has 0 bridgehead atoms. The quantitative estimate of drug-likeness (QED) is 0.435. The zero-order valence-electron chi connectivity index (χ0n) is 14.4. The molecule has 0 aromatic carbocycles. The number of Topliss-reactive ketones (excluding diaryl/α,β-unsaturated/α-hetero) is 1. The molecule has 5 nitrogen and oxygen atoms in total. The van der Waals surface area contributed by atoms with Gasteiger partial charge in [-0.05, 0) is 44.6 Å². The van der Waals surface area contributed by atoms with E-state index in [-0.39, 0.29) is 17.4 Å². The first-order valence-electron chi connectivity index (χ1n) is 8.36. The lowest BCUT2D eigenvalue weighted by Crippen LogP contribution is -2.27. The number of hydrogen-bond donors (Lipinski definition) is 1. The van der Waals surface area contributed by atoms with Crippen molar-refractivity contribution in [3.63, 3.8) is 0 Å². The van der Waals surface area contributed by atoms with Gasteiger partial charge in [0.05, 0.1) is 17.0 Å². The highest BCUT2D eigenvalue weighted by Gasteiger charge is 2.29. The summed E-state index contributed by atoms with van der Waals surface area (Å²) in [7, 11) is 0. The maximum Gasteiger partial charge on any atom is 0.230 e. The van der Waals surface area contributed by atoms with Gasteiger partial charge in [0, 0.05) is 17.3 Å². The number of rotatable bonds is 8. The van der Waals surface area contributed by atoms with E-state index in [2.05, 4.69) is 21.4 Å². The Kier molecular flexibility index (Phi) is 5.86. The second-order valence-electron chi connectivity index (χ2n) is 6.15. The number of hydrogen-bond acceptors (Lipinski definition) is 6. The van der Waals surface area contributed by atoms with E-state index in [1.54, 1.807) is 11.3 Å². The minimum absolute atomic E-state index is 0.0414. The van der Waals surface area contributed by atoms with Crippen LogP contribution in [0, 0.1) is 6.92 Å². The number of thiophene rings is 1. The van der Waals surface area contributed by atoms with Crippen molar-refractivity contribution in [2.45, 2.75) is 44.1 Å². The fraction of sp³-hybridized carbons (Fsp3) is 0.444. The fourth-order valence-corrected chi connectivity index (χ4v) is 4.24. The van der Waals surface area contributed by atoms with E-state index in [9.17, 15) is 9.59 Å². The molecule has 0 atom stereocenters. The summed E-state index contributed by atoms with van der Waals surface area (Å²) in [5.41, 5.74) is 1.26. The standard InChI is InChI=1S/C18H21N3O2S2/c1-11-16(12(2)22)18(21-17(20-11)13-5-6-13)25-10-15(23)19-8-7-14-4-3-9-24-14/h3-4,9,13H,5-8,10H2,1-2H3,(H,19,23). The monoisotopic (exact) mass is 375 g/mol. The van der Waals surface area contributed by atoms with E-state index in [1.807, 2.05) is 18.4 Å². The van der Waals surface area contributed by atoms with Crippen molar-refractivity contribution >= 4 is 34.8 Å². The van der Waals surface area contributed by atoms with Gasteiger partial charge in [0.1, 0.15) is 10.9 Å². The van der Waals surface area contributed by atoms with Crippen molar-refractivity contribution in [2.75, 3.05) is 12.3 Å². The van der Waals surface area contributed by atoms with Gasteiger partial charge < -0.3 is 5.32 Å². The Balaban J connectivity index is 1.59. The average molecular weight is 376 g/mol. The minimum atomic E-state index is -0.0551. The molecule has 1 N–H and O–H groups in total. The van der Waals surface area contributed by atoms with E-state index in [0.717, 1.165) is 25.1 Å². The van der Waals surface area contributed by atoms with Crippen LogP contribution in [0.3, 0.4) is 0 Å². The second kappa shape index (κ2) is 8.10. The zero-order valence-corrected chi connectivity index (χ0v) is 16.0. The number of amides is 1. The summed E-state index contributed by atoms with van der Waals surface area (Å²) >= 11 is 3.01. The second-order valence-corrected chi connectivity index (χ2v) is 8.14. The van der Waals surface area contributed by atoms with Crippen LogP contribution in [-0.4, -0.2) is 34.0 Å². The highest BCUT2D eigenvalue weighted by atomic mass is 32.2. The molecule has 3 rings (SSSR count). The number of carbonyl (C=O) groups is 2. The first-order valence-corrected chi connectivity index (χ1v) is 10.2. The van der Waals surface area contributed by atoms with Gasteiger partial charge in [0.25, 0.3) is 0 Å². The summed E-state index contributed by atoms with van der Waals surface area (Å²) in [6.45, 7) is 3.98. The Bertz CT molecular complexity index is 771. The summed E-state index contributed by atoms with van der Waals surface area (Å²) in [5.74, 6) is 1.38. The first-order chi connectivity index (χ1) is 12.0. The van der Waals surface area contributed by atoms with Crippen LogP contribution in [-0.2, 0) is 11.2 Å². The molecule has 0 spiro atoms. The smallest absolute Gasteiger partial charge is 0.230 e. The molecule has 1 aliphatic rings. The molecule has 7 heteroatoms. The van der Waals surface area contributed by atoms with Crippen molar-refractivity contribution in [3.8, 4) is 0 Å². The lowest BCUT2D eigenvalue weighted by atomic mass is 10.2. The predicted molar refractivity (Wildman–Crippen MR) is 101 cm³/mol. The minimum Gasteiger partial charge on any atom is -0.355 e. The SMILES string of the molecule is CC(=O)c1c(C)nc(C2CC2)nc1SCC(=O)NCCc1cccs1. The Morgan fingerprint density at radius 2 is 2.16 bits per heavy atom. The Labute approximate surface area is 155 Å². The molecule has 2 aromatic rings. The van der Waals surface area contributed by atoms with Crippen molar-refractivity contribution in [1.29, 1.82) is 0 Å². The number of nitrogens with zero attached hydrogens (tertiary/aromatic N) is 2. The maximum atomic E-state index is 12.1. The maximum absolute atomic E-state index is 12.1. The van der Waals surface area contributed by atoms with Crippen LogP contribution in [0.1, 0.15) is 52.4 Å². The average Bonchev–Trinajstić information content (AvgIpc) is 3.29. The Morgan fingerprint density at radius 3 is 2.80 bits per heavy atom. The normalized spacial score (nSPS) is 13.7. The summed E-state index contributed by atoms with van der Waals surface area (Å²) in [6.07, 6.45) is 3.05. The molecule has 1 aliphatic carbocycles. The van der Waals surface area contributed by atoms with Gasteiger partial charge in [-0.3, -0.25) is 9.59 Å². The molecule has 0 unspecified atom stereocenters. The lowest BCUT2D eigenvalue weighted by Gasteiger charge is -2.11. The van der Waals surface area contributed by atoms with Crippen LogP contribution in [0.5, 0.6) is 0 Å².